The van der Waals surface area contributed by atoms with Crippen LogP contribution in [0.2, 0.25) is 10.0 Å². The van der Waals surface area contributed by atoms with Crippen LogP contribution in [-0.2, 0) is 10.0 Å². The van der Waals surface area contributed by atoms with Crippen molar-refractivity contribution < 1.29 is 13.5 Å². The summed E-state index contributed by atoms with van der Waals surface area (Å²) >= 11 is 11.6. The predicted molar refractivity (Wildman–Crippen MR) is 72.4 cm³/mol. The fourth-order valence-electron chi connectivity index (χ4n) is 1.26. The van der Waals surface area contributed by atoms with E-state index in [1.807, 2.05) is 0 Å². The second-order valence-corrected chi connectivity index (χ2v) is 6.25. The number of aliphatic hydroxyl groups excluding tert-OH is 1. The van der Waals surface area contributed by atoms with Gasteiger partial charge in [-0.25, -0.2) is 13.1 Å². The van der Waals surface area contributed by atoms with Gasteiger partial charge >= 0.3 is 0 Å². The Morgan fingerprint density at radius 2 is 1.89 bits per heavy atom. The molecule has 1 rings (SSSR count). The quantitative estimate of drug-likeness (QED) is 0.720. The van der Waals surface area contributed by atoms with Crippen LogP contribution >= 0.6 is 23.2 Å². The van der Waals surface area contributed by atoms with E-state index in [0.717, 1.165) is 0 Å². The molecule has 0 bridgehead atoms. The van der Waals surface area contributed by atoms with Crippen molar-refractivity contribution in [3.63, 3.8) is 0 Å². The average Bonchev–Trinajstić information content (AvgIpc) is 2.24. The van der Waals surface area contributed by atoms with E-state index >= 15 is 0 Å². The largest absolute Gasteiger partial charge is 0.399 e. The molecule has 0 radical (unpaired) electrons. The van der Waals surface area contributed by atoms with Crippen LogP contribution in [0.3, 0.4) is 0 Å². The summed E-state index contributed by atoms with van der Waals surface area (Å²) in [4.78, 5) is -0.233. The SMILES string of the molecule is CCC(O)CNS(=O)(=O)c1c(Cl)cc(N)cc1Cl. The van der Waals surface area contributed by atoms with E-state index in [0.29, 0.717) is 6.42 Å². The van der Waals surface area contributed by atoms with Crippen molar-refractivity contribution in [1.82, 2.24) is 4.72 Å². The third-order valence-electron chi connectivity index (χ3n) is 2.27. The topological polar surface area (TPSA) is 92.4 Å². The Hall–Kier alpha value is -0.530. The summed E-state index contributed by atoms with van der Waals surface area (Å²) in [7, 11) is -3.87. The van der Waals surface area contributed by atoms with Crippen LogP contribution in [-0.4, -0.2) is 26.2 Å². The minimum absolute atomic E-state index is 0.0570. The van der Waals surface area contributed by atoms with E-state index in [1.54, 1.807) is 6.92 Å². The van der Waals surface area contributed by atoms with Gasteiger partial charge in [-0.2, -0.15) is 0 Å². The van der Waals surface area contributed by atoms with E-state index in [1.165, 1.54) is 12.1 Å². The zero-order valence-corrected chi connectivity index (χ0v) is 12.0. The Morgan fingerprint density at radius 3 is 2.33 bits per heavy atom. The summed E-state index contributed by atoms with van der Waals surface area (Å²) in [6.45, 7) is 1.64. The normalized spacial score (nSPS) is 13.6. The van der Waals surface area contributed by atoms with Gasteiger partial charge in [-0.1, -0.05) is 30.1 Å². The molecular formula is C10H14Cl2N2O3S. The van der Waals surface area contributed by atoms with Crippen LogP contribution in [0.5, 0.6) is 0 Å². The Morgan fingerprint density at radius 1 is 1.39 bits per heavy atom. The Bertz CT molecular complexity index is 511. The number of hydrogen-bond donors (Lipinski definition) is 3. The molecule has 8 heteroatoms. The number of sulfonamides is 1. The molecule has 0 aliphatic rings. The zero-order valence-electron chi connectivity index (χ0n) is 9.65. The molecule has 1 aromatic carbocycles. The summed E-state index contributed by atoms with van der Waals surface area (Å²) in [5.74, 6) is 0. The first-order valence-corrected chi connectivity index (χ1v) is 7.44. The molecule has 0 spiro atoms. The lowest BCUT2D eigenvalue weighted by Gasteiger charge is -2.12. The number of halogens is 2. The maximum absolute atomic E-state index is 12.0. The summed E-state index contributed by atoms with van der Waals surface area (Å²) in [6, 6.07) is 2.61. The monoisotopic (exact) mass is 312 g/mol. The van der Waals surface area contributed by atoms with E-state index in [2.05, 4.69) is 4.72 Å². The third kappa shape index (κ3) is 3.73. The number of hydrogen-bond acceptors (Lipinski definition) is 4. The fourth-order valence-corrected chi connectivity index (χ4v) is 3.56. The molecule has 5 nitrogen and oxygen atoms in total. The minimum Gasteiger partial charge on any atom is -0.399 e. The molecule has 0 saturated carbocycles. The van der Waals surface area contributed by atoms with Gasteiger partial charge in [0.05, 0.1) is 16.1 Å². The fraction of sp³-hybridized carbons (Fsp3) is 0.400. The van der Waals surface area contributed by atoms with Crippen molar-refractivity contribution in [3.8, 4) is 0 Å². The smallest absolute Gasteiger partial charge is 0.243 e. The van der Waals surface area contributed by atoms with E-state index in [9.17, 15) is 13.5 Å². The van der Waals surface area contributed by atoms with E-state index in [4.69, 9.17) is 28.9 Å². The van der Waals surface area contributed by atoms with Gasteiger partial charge in [0, 0.05) is 12.2 Å². The Labute approximate surface area is 116 Å². The lowest BCUT2D eigenvalue weighted by Crippen LogP contribution is -2.32. The number of benzene rings is 1. The molecule has 0 amide bonds. The Balaban J connectivity index is 3.06. The highest BCUT2D eigenvalue weighted by Crippen LogP contribution is 2.31. The van der Waals surface area contributed by atoms with E-state index < -0.39 is 16.1 Å². The number of nitrogens with one attached hydrogen (secondary N) is 1. The molecule has 0 fully saturated rings. The molecule has 1 atom stereocenters. The molecule has 0 aliphatic carbocycles. The van der Waals surface area contributed by atoms with Gasteiger partial charge in [0.15, 0.2) is 0 Å². The Kier molecular flexibility index (Phi) is 5.24. The average molecular weight is 313 g/mol. The molecule has 18 heavy (non-hydrogen) atoms. The van der Waals surface area contributed by atoms with Gasteiger partial charge in [-0.3, -0.25) is 0 Å². The lowest BCUT2D eigenvalue weighted by atomic mass is 10.3. The highest BCUT2D eigenvalue weighted by Gasteiger charge is 2.22. The molecule has 102 valence electrons. The first kappa shape index (κ1) is 15.5. The molecular weight excluding hydrogens is 299 g/mol. The van der Waals surface area contributed by atoms with E-state index in [-0.39, 0.29) is 27.2 Å². The zero-order chi connectivity index (χ0) is 13.9. The van der Waals surface area contributed by atoms with Crippen LogP contribution < -0.4 is 10.5 Å². The number of anilines is 1. The van der Waals surface area contributed by atoms with Gasteiger partial charge < -0.3 is 10.8 Å². The summed E-state index contributed by atoms with van der Waals surface area (Å²) < 4.78 is 26.2. The van der Waals surface area contributed by atoms with Crippen LogP contribution in [0, 0.1) is 0 Å². The molecule has 1 aromatic rings. The van der Waals surface area contributed by atoms with Crippen molar-refractivity contribution in [2.75, 3.05) is 12.3 Å². The summed E-state index contributed by atoms with van der Waals surface area (Å²) in [6.07, 6.45) is -0.322. The van der Waals surface area contributed by atoms with Crippen LogP contribution in [0.4, 0.5) is 5.69 Å². The summed E-state index contributed by atoms with van der Waals surface area (Å²) in [5.41, 5.74) is 5.77. The number of nitrogen functional groups attached to an aromatic ring is 1. The van der Waals surface area contributed by atoms with Gasteiger partial charge in [-0.05, 0) is 18.6 Å². The van der Waals surface area contributed by atoms with Crippen molar-refractivity contribution in [2.24, 2.45) is 0 Å². The first-order chi connectivity index (χ1) is 8.27. The highest BCUT2D eigenvalue weighted by atomic mass is 35.5. The second-order valence-electron chi connectivity index (χ2n) is 3.73. The molecule has 0 aromatic heterocycles. The highest BCUT2D eigenvalue weighted by molar-refractivity contribution is 7.89. The maximum atomic E-state index is 12.0. The van der Waals surface area contributed by atoms with Gasteiger partial charge in [0.2, 0.25) is 10.0 Å². The van der Waals surface area contributed by atoms with Gasteiger partial charge in [-0.15, -0.1) is 0 Å². The van der Waals surface area contributed by atoms with Crippen LogP contribution in [0.1, 0.15) is 13.3 Å². The molecule has 0 saturated heterocycles. The van der Waals surface area contributed by atoms with Crippen molar-refractivity contribution in [3.05, 3.63) is 22.2 Å². The molecule has 0 aliphatic heterocycles. The number of aliphatic hydroxyl groups is 1. The number of nitrogens with two attached hydrogens (primary N) is 1. The van der Waals surface area contributed by atoms with Crippen molar-refractivity contribution >= 4 is 38.9 Å². The second kappa shape index (κ2) is 6.08. The van der Waals surface area contributed by atoms with Gasteiger partial charge in [0.1, 0.15) is 4.90 Å². The number of rotatable bonds is 5. The first-order valence-electron chi connectivity index (χ1n) is 5.20. The molecule has 4 N–H and O–H groups in total. The van der Waals surface area contributed by atoms with Crippen LogP contribution in [0.15, 0.2) is 17.0 Å². The molecule has 0 heterocycles. The van der Waals surface area contributed by atoms with Crippen molar-refractivity contribution in [1.29, 1.82) is 0 Å². The standard InChI is InChI=1S/C10H14Cl2N2O3S/c1-2-7(15)5-14-18(16,17)10-8(11)3-6(13)4-9(10)12/h3-4,7,14-15H,2,5,13H2,1H3. The van der Waals surface area contributed by atoms with Crippen molar-refractivity contribution in [2.45, 2.75) is 24.3 Å². The summed E-state index contributed by atoms with van der Waals surface area (Å²) in [5, 5.41) is 9.22. The lowest BCUT2D eigenvalue weighted by molar-refractivity contribution is 0.174. The van der Waals surface area contributed by atoms with Crippen LogP contribution in [0.25, 0.3) is 0 Å². The minimum atomic E-state index is -3.87. The van der Waals surface area contributed by atoms with Gasteiger partial charge in [0.25, 0.3) is 0 Å². The predicted octanol–water partition coefficient (Wildman–Crippen LogP) is 1.62. The maximum Gasteiger partial charge on any atom is 0.243 e. The third-order valence-corrected chi connectivity index (χ3v) is 4.61. The molecule has 1 unspecified atom stereocenters.